The summed E-state index contributed by atoms with van der Waals surface area (Å²) in [5.74, 6) is 7.66. The Balaban J connectivity index is 2.27. The summed E-state index contributed by atoms with van der Waals surface area (Å²) in [6, 6.07) is 7.74. The molecule has 2 rings (SSSR count). The molecule has 20 heavy (non-hydrogen) atoms. The highest BCUT2D eigenvalue weighted by atomic mass is 16.5. The van der Waals surface area contributed by atoms with Gasteiger partial charge in [-0.05, 0) is 25.5 Å². The Hall–Kier alpha value is -2.34. The molecule has 2 aromatic rings. The van der Waals surface area contributed by atoms with E-state index in [-0.39, 0.29) is 0 Å². The van der Waals surface area contributed by atoms with Gasteiger partial charge in [-0.3, -0.25) is 0 Å². The summed E-state index contributed by atoms with van der Waals surface area (Å²) in [6.45, 7) is 4.62. The Morgan fingerprint density at radius 2 is 2.00 bits per heavy atom. The fourth-order valence-corrected chi connectivity index (χ4v) is 1.95. The maximum absolute atomic E-state index is 5.48. The van der Waals surface area contributed by atoms with Crippen molar-refractivity contribution in [3.8, 4) is 5.75 Å². The van der Waals surface area contributed by atoms with Crippen molar-refractivity contribution in [2.24, 2.45) is 5.84 Å². The lowest BCUT2D eigenvalue weighted by molar-refractivity contribution is 0.340. The van der Waals surface area contributed by atoms with Crippen LogP contribution >= 0.6 is 0 Å². The standard InChI is InChI=1S/C14H19N5O/c1-3-12-13(16-9-17-14(12)19-15)18-10-6-5-7-11(8-10)20-4-2/h5-9H,3-4,15H2,1-2H3,(H2,16,17,18,19). The molecule has 0 saturated carbocycles. The topological polar surface area (TPSA) is 85.1 Å². The molecule has 0 amide bonds. The molecule has 0 atom stereocenters. The smallest absolute Gasteiger partial charge is 0.148 e. The van der Waals surface area contributed by atoms with Gasteiger partial charge in [-0.2, -0.15) is 0 Å². The number of aromatic nitrogens is 2. The van der Waals surface area contributed by atoms with Gasteiger partial charge in [0, 0.05) is 17.3 Å². The fourth-order valence-electron chi connectivity index (χ4n) is 1.95. The van der Waals surface area contributed by atoms with Gasteiger partial charge >= 0.3 is 0 Å². The third-order valence-electron chi connectivity index (χ3n) is 2.84. The average Bonchev–Trinajstić information content (AvgIpc) is 2.47. The van der Waals surface area contributed by atoms with Crippen LogP contribution in [0.4, 0.5) is 17.3 Å². The molecule has 1 aromatic carbocycles. The minimum absolute atomic E-state index is 0.631. The van der Waals surface area contributed by atoms with Gasteiger partial charge in [0.15, 0.2) is 0 Å². The van der Waals surface area contributed by atoms with E-state index in [1.165, 1.54) is 6.33 Å². The van der Waals surface area contributed by atoms with Crippen LogP contribution in [-0.4, -0.2) is 16.6 Å². The first-order chi connectivity index (χ1) is 9.78. The van der Waals surface area contributed by atoms with Crippen LogP contribution in [0.15, 0.2) is 30.6 Å². The summed E-state index contributed by atoms with van der Waals surface area (Å²) in [4.78, 5) is 8.38. The van der Waals surface area contributed by atoms with E-state index in [4.69, 9.17) is 10.6 Å². The Bertz CT molecular complexity index is 573. The zero-order valence-electron chi connectivity index (χ0n) is 11.7. The van der Waals surface area contributed by atoms with Crippen molar-refractivity contribution >= 4 is 17.3 Å². The first-order valence-corrected chi connectivity index (χ1v) is 6.58. The van der Waals surface area contributed by atoms with Crippen molar-refractivity contribution in [3.05, 3.63) is 36.2 Å². The van der Waals surface area contributed by atoms with Crippen LogP contribution in [0.25, 0.3) is 0 Å². The second-order valence-electron chi connectivity index (χ2n) is 4.13. The van der Waals surface area contributed by atoms with Gasteiger partial charge in [-0.25, -0.2) is 15.8 Å². The van der Waals surface area contributed by atoms with Crippen LogP contribution < -0.4 is 21.3 Å². The van der Waals surface area contributed by atoms with Crippen LogP contribution in [0.3, 0.4) is 0 Å². The molecule has 1 heterocycles. The number of anilines is 3. The summed E-state index contributed by atoms with van der Waals surface area (Å²) in [7, 11) is 0. The summed E-state index contributed by atoms with van der Waals surface area (Å²) in [5, 5.41) is 3.27. The highest BCUT2D eigenvalue weighted by Crippen LogP contribution is 2.25. The summed E-state index contributed by atoms with van der Waals surface area (Å²) < 4.78 is 5.48. The second-order valence-corrected chi connectivity index (χ2v) is 4.13. The molecule has 0 aliphatic heterocycles. The molecule has 6 nitrogen and oxygen atoms in total. The van der Waals surface area contributed by atoms with Gasteiger partial charge in [0.1, 0.15) is 23.7 Å². The molecule has 0 spiro atoms. The molecule has 6 heteroatoms. The summed E-state index contributed by atoms with van der Waals surface area (Å²) in [6.07, 6.45) is 2.25. The second kappa shape index (κ2) is 6.72. The van der Waals surface area contributed by atoms with Gasteiger partial charge in [-0.1, -0.05) is 13.0 Å². The quantitative estimate of drug-likeness (QED) is 0.554. The Morgan fingerprint density at radius 3 is 2.70 bits per heavy atom. The van der Waals surface area contributed by atoms with Gasteiger partial charge < -0.3 is 15.5 Å². The van der Waals surface area contributed by atoms with Crippen molar-refractivity contribution in [1.29, 1.82) is 0 Å². The Kier molecular flexibility index (Phi) is 4.73. The zero-order chi connectivity index (χ0) is 14.4. The molecule has 0 saturated heterocycles. The highest BCUT2D eigenvalue weighted by Gasteiger charge is 2.09. The van der Waals surface area contributed by atoms with Gasteiger partial charge in [0.25, 0.3) is 0 Å². The molecule has 0 bridgehead atoms. The third-order valence-corrected chi connectivity index (χ3v) is 2.84. The molecule has 0 radical (unpaired) electrons. The first kappa shape index (κ1) is 14.1. The minimum atomic E-state index is 0.631. The number of nitrogens with one attached hydrogen (secondary N) is 2. The average molecular weight is 273 g/mol. The summed E-state index contributed by atoms with van der Waals surface area (Å²) in [5.41, 5.74) is 4.44. The van der Waals surface area contributed by atoms with Gasteiger partial charge in [-0.15, -0.1) is 0 Å². The number of rotatable bonds is 6. The predicted octanol–water partition coefficient (Wildman–Crippen LogP) is 2.47. The molecule has 0 unspecified atom stereocenters. The zero-order valence-corrected chi connectivity index (χ0v) is 11.7. The van der Waals surface area contributed by atoms with Crippen LogP contribution in [0, 0.1) is 0 Å². The minimum Gasteiger partial charge on any atom is -0.494 e. The van der Waals surface area contributed by atoms with E-state index in [0.29, 0.717) is 12.4 Å². The molecule has 0 aliphatic rings. The SMILES string of the molecule is CCOc1cccc(Nc2ncnc(NN)c2CC)c1. The normalized spacial score (nSPS) is 10.2. The Morgan fingerprint density at radius 1 is 1.20 bits per heavy atom. The van der Waals surface area contributed by atoms with Crippen LogP contribution in [0.2, 0.25) is 0 Å². The van der Waals surface area contributed by atoms with E-state index >= 15 is 0 Å². The third kappa shape index (κ3) is 3.16. The van der Waals surface area contributed by atoms with Crippen molar-refractivity contribution in [3.63, 3.8) is 0 Å². The Labute approximate surface area is 118 Å². The monoisotopic (exact) mass is 273 g/mol. The fraction of sp³-hybridized carbons (Fsp3) is 0.286. The number of hydrogen-bond donors (Lipinski definition) is 3. The molecule has 0 fully saturated rings. The lowest BCUT2D eigenvalue weighted by Crippen LogP contribution is -2.13. The van der Waals surface area contributed by atoms with E-state index in [0.717, 1.165) is 29.2 Å². The lowest BCUT2D eigenvalue weighted by Gasteiger charge is -2.13. The first-order valence-electron chi connectivity index (χ1n) is 6.58. The lowest BCUT2D eigenvalue weighted by atomic mass is 10.2. The largest absolute Gasteiger partial charge is 0.494 e. The van der Waals surface area contributed by atoms with Gasteiger partial charge in [0.2, 0.25) is 0 Å². The maximum atomic E-state index is 5.48. The van der Waals surface area contributed by atoms with E-state index in [1.807, 2.05) is 38.1 Å². The number of benzene rings is 1. The van der Waals surface area contributed by atoms with Gasteiger partial charge in [0.05, 0.1) is 6.61 Å². The van der Waals surface area contributed by atoms with Crippen LogP contribution in [0.5, 0.6) is 5.75 Å². The van der Waals surface area contributed by atoms with Crippen molar-refractivity contribution in [2.45, 2.75) is 20.3 Å². The number of hydrogen-bond acceptors (Lipinski definition) is 6. The molecular formula is C14H19N5O. The number of nitrogen functional groups attached to an aromatic ring is 1. The van der Waals surface area contributed by atoms with Crippen LogP contribution in [0.1, 0.15) is 19.4 Å². The van der Waals surface area contributed by atoms with Crippen molar-refractivity contribution in [2.75, 3.05) is 17.3 Å². The van der Waals surface area contributed by atoms with Crippen molar-refractivity contribution < 1.29 is 4.74 Å². The number of nitrogens with two attached hydrogens (primary N) is 1. The highest BCUT2D eigenvalue weighted by molar-refractivity contribution is 5.65. The number of ether oxygens (including phenoxy) is 1. The molecule has 1 aromatic heterocycles. The predicted molar refractivity (Wildman–Crippen MR) is 80.1 cm³/mol. The molecule has 106 valence electrons. The van der Waals surface area contributed by atoms with E-state index in [2.05, 4.69) is 20.7 Å². The van der Waals surface area contributed by atoms with Crippen LogP contribution in [-0.2, 0) is 6.42 Å². The molecule has 4 N–H and O–H groups in total. The van der Waals surface area contributed by atoms with E-state index < -0.39 is 0 Å². The maximum Gasteiger partial charge on any atom is 0.148 e. The number of hydrazine groups is 1. The summed E-state index contributed by atoms with van der Waals surface area (Å²) >= 11 is 0. The van der Waals surface area contributed by atoms with E-state index in [1.54, 1.807) is 0 Å². The van der Waals surface area contributed by atoms with E-state index in [9.17, 15) is 0 Å². The number of nitrogens with zero attached hydrogens (tertiary/aromatic N) is 2. The molecular weight excluding hydrogens is 254 g/mol. The molecule has 0 aliphatic carbocycles. The van der Waals surface area contributed by atoms with Crippen molar-refractivity contribution in [1.82, 2.24) is 9.97 Å².